The molecule has 2 atom stereocenters. The Balaban J connectivity index is 0. The highest BCUT2D eigenvalue weighted by Crippen LogP contribution is 2.03. The molecule has 1 aromatic heterocycles. The van der Waals surface area contributed by atoms with Gasteiger partial charge in [0, 0.05) is 6.42 Å². The second-order valence-corrected chi connectivity index (χ2v) is 4.05. The molecule has 4 nitrogen and oxygen atoms in total. The van der Waals surface area contributed by atoms with Crippen LogP contribution in [0.1, 0.15) is 46.3 Å². The lowest BCUT2D eigenvalue weighted by atomic mass is 10.2. The molecule has 0 saturated carbocycles. The minimum absolute atomic E-state index is 0. The Kier molecular flexibility index (Phi) is 12.0. The molecule has 1 rings (SSSR count). The highest BCUT2D eigenvalue weighted by atomic mass is 79.9. The molecule has 0 saturated heterocycles. The highest BCUT2D eigenvalue weighted by Gasteiger charge is 2.07. The van der Waals surface area contributed by atoms with Crippen LogP contribution >= 0.6 is 0 Å². The second-order valence-electron chi connectivity index (χ2n) is 4.05. The molecule has 102 valence electrons. The smallest absolute Gasteiger partial charge is 0.245 e. The molecule has 0 bridgehead atoms. The first kappa shape index (κ1) is 19.0. The molecule has 5 heteroatoms. The second kappa shape index (κ2) is 10.7. The van der Waals surface area contributed by atoms with Gasteiger partial charge in [-0.25, -0.2) is 9.13 Å². The molecule has 0 aliphatic carbocycles. The van der Waals surface area contributed by atoms with Gasteiger partial charge in [0.05, 0.1) is 13.2 Å². The van der Waals surface area contributed by atoms with Crippen LogP contribution in [0, 0.1) is 0 Å². The van der Waals surface area contributed by atoms with Crippen LogP contribution in [0.25, 0.3) is 0 Å². The van der Waals surface area contributed by atoms with Crippen molar-refractivity contribution in [3.63, 3.8) is 0 Å². The van der Waals surface area contributed by atoms with E-state index in [-0.39, 0.29) is 29.3 Å². The third-order valence-corrected chi connectivity index (χ3v) is 2.21. The van der Waals surface area contributed by atoms with Gasteiger partial charge < -0.3 is 27.2 Å². The van der Waals surface area contributed by atoms with Gasteiger partial charge in [0.1, 0.15) is 12.4 Å². The van der Waals surface area contributed by atoms with Crippen molar-refractivity contribution < 1.29 is 31.8 Å². The normalized spacial score (nSPS) is 13.1. The summed E-state index contributed by atoms with van der Waals surface area (Å²) >= 11 is 0. The maximum Gasteiger partial charge on any atom is 0.245 e. The zero-order chi connectivity index (χ0) is 12.6. The number of imidazole rings is 1. The van der Waals surface area contributed by atoms with Crippen LogP contribution < -0.4 is 21.5 Å². The van der Waals surface area contributed by atoms with E-state index in [0.717, 1.165) is 19.3 Å². The number of aryl methyl sites for hydroxylation is 1. The van der Waals surface area contributed by atoms with Crippen molar-refractivity contribution in [2.75, 3.05) is 0 Å². The van der Waals surface area contributed by atoms with E-state index >= 15 is 0 Å². The zero-order valence-electron chi connectivity index (χ0n) is 11.2. The molecule has 17 heavy (non-hydrogen) atoms. The fraction of sp³-hybridized carbons (Fsp3) is 0.750. The lowest BCUT2D eigenvalue weighted by molar-refractivity contribution is -0.671. The number of halogens is 1. The highest BCUT2D eigenvalue weighted by molar-refractivity contribution is 4.68. The Morgan fingerprint density at radius 3 is 2.12 bits per heavy atom. The SMILES string of the molecule is CCC(O)n1cc[n+](C)c1.CCCC(C)O.[Br-]. The van der Waals surface area contributed by atoms with Crippen LogP contribution in [-0.4, -0.2) is 20.9 Å². The summed E-state index contributed by atoms with van der Waals surface area (Å²) in [5.74, 6) is 0. The van der Waals surface area contributed by atoms with E-state index in [1.54, 1.807) is 4.57 Å². The van der Waals surface area contributed by atoms with Crippen LogP contribution in [0.3, 0.4) is 0 Å². The lowest BCUT2D eigenvalue weighted by Gasteiger charge is -2.00. The van der Waals surface area contributed by atoms with E-state index < -0.39 is 0 Å². The van der Waals surface area contributed by atoms with Crippen molar-refractivity contribution in [2.45, 2.75) is 52.4 Å². The molecule has 1 aromatic rings. The summed E-state index contributed by atoms with van der Waals surface area (Å²) in [7, 11) is 1.93. The molecule has 0 radical (unpaired) electrons. The lowest BCUT2D eigenvalue weighted by Crippen LogP contribution is -3.00. The summed E-state index contributed by atoms with van der Waals surface area (Å²) in [4.78, 5) is 0. The maximum absolute atomic E-state index is 9.29. The molecular weight excluding hydrogens is 284 g/mol. The average Bonchev–Trinajstić information content (AvgIpc) is 2.64. The number of aromatic nitrogens is 2. The fourth-order valence-corrected chi connectivity index (χ4v) is 1.27. The van der Waals surface area contributed by atoms with E-state index in [1.165, 1.54) is 0 Å². The Morgan fingerprint density at radius 2 is 1.88 bits per heavy atom. The van der Waals surface area contributed by atoms with Gasteiger partial charge in [0.15, 0.2) is 6.23 Å². The Hall–Kier alpha value is -0.390. The third kappa shape index (κ3) is 9.32. The van der Waals surface area contributed by atoms with Crippen LogP contribution in [0.15, 0.2) is 18.7 Å². The van der Waals surface area contributed by atoms with Crippen LogP contribution in [0.5, 0.6) is 0 Å². The van der Waals surface area contributed by atoms with E-state index in [2.05, 4.69) is 6.92 Å². The summed E-state index contributed by atoms with van der Waals surface area (Å²) in [6.07, 6.45) is 7.89. The summed E-state index contributed by atoms with van der Waals surface area (Å²) in [6.45, 7) is 5.82. The minimum atomic E-state index is -0.374. The Bertz CT molecular complexity index is 277. The first-order valence-electron chi connectivity index (χ1n) is 5.90. The molecular formula is C12H25BrN2O2. The van der Waals surface area contributed by atoms with Gasteiger partial charge in [-0.15, -0.1) is 0 Å². The van der Waals surface area contributed by atoms with Crippen molar-refractivity contribution in [3.8, 4) is 0 Å². The molecule has 2 unspecified atom stereocenters. The first-order valence-corrected chi connectivity index (χ1v) is 5.90. The summed E-state index contributed by atoms with van der Waals surface area (Å²) in [5.41, 5.74) is 0. The Morgan fingerprint density at radius 1 is 1.29 bits per heavy atom. The van der Waals surface area contributed by atoms with Gasteiger partial charge in [-0.2, -0.15) is 0 Å². The van der Waals surface area contributed by atoms with Gasteiger partial charge in [-0.1, -0.05) is 20.3 Å². The number of hydrogen-bond acceptors (Lipinski definition) is 2. The van der Waals surface area contributed by atoms with Gasteiger partial charge >= 0.3 is 0 Å². The predicted molar refractivity (Wildman–Crippen MR) is 63.7 cm³/mol. The van der Waals surface area contributed by atoms with E-state index in [0.29, 0.717) is 0 Å². The van der Waals surface area contributed by atoms with Crippen molar-refractivity contribution >= 4 is 0 Å². The third-order valence-electron chi connectivity index (χ3n) is 2.21. The van der Waals surface area contributed by atoms with Gasteiger partial charge in [0.2, 0.25) is 6.33 Å². The maximum atomic E-state index is 9.29. The molecule has 2 N–H and O–H groups in total. The number of nitrogens with zero attached hydrogens (tertiary/aromatic N) is 2. The molecule has 1 heterocycles. The van der Waals surface area contributed by atoms with Crippen molar-refractivity contribution in [1.82, 2.24) is 4.57 Å². The van der Waals surface area contributed by atoms with Crippen LogP contribution in [-0.2, 0) is 7.05 Å². The summed E-state index contributed by atoms with van der Waals surface area (Å²) in [5, 5.41) is 17.8. The zero-order valence-corrected chi connectivity index (χ0v) is 12.8. The van der Waals surface area contributed by atoms with Crippen molar-refractivity contribution in [3.05, 3.63) is 18.7 Å². The first-order chi connectivity index (χ1) is 7.51. The minimum Gasteiger partial charge on any atom is -1.00 e. The molecule has 0 amide bonds. The number of aliphatic hydroxyl groups is 2. The topological polar surface area (TPSA) is 49.3 Å². The van der Waals surface area contributed by atoms with Crippen LogP contribution in [0.4, 0.5) is 0 Å². The van der Waals surface area contributed by atoms with Gasteiger partial charge in [0.25, 0.3) is 0 Å². The Labute approximate surface area is 115 Å². The standard InChI is InChI=1S/C7H13N2O.C5H12O.BrH/c1-3-7(10)9-5-4-8(2)6-9;1-3-4-5(2)6;/h4-7,10H,3H2,1-2H3;5-6H,3-4H2,1-2H3;1H/q+1;;/p-1. The number of hydrogen-bond donors (Lipinski definition) is 2. The summed E-state index contributed by atoms with van der Waals surface area (Å²) < 4.78 is 3.68. The molecule has 0 aromatic carbocycles. The molecule has 0 spiro atoms. The largest absolute Gasteiger partial charge is 1.00 e. The molecule has 0 aliphatic heterocycles. The fourth-order valence-electron chi connectivity index (χ4n) is 1.27. The number of aliphatic hydroxyl groups excluding tert-OH is 2. The van der Waals surface area contributed by atoms with E-state index in [1.807, 2.05) is 44.2 Å². The van der Waals surface area contributed by atoms with E-state index in [9.17, 15) is 5.11 Å². The van der Waals surface area contributed by atoms with E-state index in [4.69, 9.17) is 5.11 Å². The molecule has 0 fully saturated rings. The van der Waals surface area contributed by atoms with Gasteiger partial charge in [-0.05, 0) is 13.3 Å². The quantitative estimate of drug-likeness (QED) is 0.657. The van der Waals surface area contributed by atoms with Crippen LogP contribution in [0.2, 0.25) is 0 Å². The van der Waals surface area contributed by atoms with Gasteiger partial charge in [-0.3, -0.25) is 0 Å². The average molecular weight is 309 g/mol. The van der Waals surface area contributed by atoms with Crippen molar-refractivity contribution in [2.24, 2.45) is 7.05 Å². The number of rotatable bonds is 4. The summed E-state index contributed by atoms with van der Waals surface area (Å²) in [6, 6.07) is 0. The monoisotopic (exact) mass is 308 g/mol. The van der Waals surface area contributed by atoms with Crippen molar-refractivity contribution in [1.29, 1.82) is 0 Å². The predicted octanol–water partition coefficient (Wildman–Crippen LogP) is -1.62. The molecule has 0 aliphatic rings.